The SMILES string of the molecule is CN=C(NCCCCN1CC(C)CC(C)C1)NCC(C)(C)OC.I. The van der Waals surface area contributed by atoms with Crippen molar-refractivity contribution in [3.05, 3.63) is 0 Å². The fraction of sp³-hybridized carbons (Fsp3) is 0.944. The Kier molecular flexibility index (Phi) is 12.3. The zero-order valence-electron chi connectivity index (χ0n) is 16.5. The standard InChI is InChI=1S/C18H38N4O.HI/c1-15-11-16(2)13-22(12-15)10-8-7-9-20-17(19-5)21-14-18(3,4)23-6;/h15-16H,7-14H2,1-6H3,(H2,19,20,21);1H. The van der Waals surface area contributed by atoms with Crippen molar-refractivity contribution in [3.8, 4) is 0 Å². The van der Waals surface area contributed by atoms with E-state index in [0.717, 1.165) is 30.9 Å². The first kappa shape index (κ1) is 23.9. The Morgan fingerprint density at radius 2 is 1.79 bits per heavy atom. The average molecular weight is 454 g/mol. The summed E-state index contributed by atoms with van der Waals surface area (Å²) >= 11 is 0. The summed E-state index contributed by atoms with van der Waals surface area (Å²) in [4.78, 5) is 6.89. The van der Waals surface area contributed by atoms with Gasteiger partial charge < -0.3 is 20.3 Å². The molecule has 144 valence electrons. The number of piperidine rings is 1. The first-order valence-corrected chi connectivity index (χ1v) is 9.08. The number of hydrogen-bond donors (Lipinski definition) is 2. The summed E-state index contributed by atoms with van der Waals surface area (Å²) in [5.74, 6) is 2.56. The maximum absolute atomic E-state index is 5.41. The summed E-state index contributed by atoms with van der Waals surface area (Å²) in [7, 11) is 3.55. The molecule has 0 aliphatic carbocycles. The van der Waals surface area contributed by atoms with Crippen LogP contribution in [-0.2, 0) is 4.74 Å². The fourth-order valence-corrected chi connectivity index (χ4v) is 3.23. The normalized spacial score (nSPS) is 22.8. The number of methoxy groups -OCH3 is 1. The van der Waals surface area contributed by atoms with E-state index in [4.69, 9.17) is 4.74 Å². The number of nitrogens with zero attached hydrogens (tertiary/aromatic N) is 2. The predicted octanol–water partition coefficient (Wildman–Crippen LogP) is 2.95. The lowest BCUT2D eigenvalue weighted by Gasteiger charge is -2.35. The second-order valence-corrected chi connectivity index (χ2v) is 7.73. The highest BCUT2D eigenvalue weighted by atomic mass is 127. The minimum absolute atomic E-state index is 0. The van der Waals surface area contributed by atoms with Crippen LogP contribution in [-0.4, -0.2) is 63.3 Å². The summed E-state index contributed by atoms with van der Waals surface area (Å²) in [6.45, 7) is 14.3. The number of unbranched alkanes of at least 4 members (excludes halogenated alkanes) is 1. The van der Waals surface area contributed by atoms with Crippen molar-refractivity contribution in [1.82, 2.24) is 15.5 Å². The largest absolute Gasteiger partial charge is 0.377 e. The van der Waals surface area contributed by atoms with Crippen LogP contribution in [0.4, 0.5) is 0 Å². The second-order valence-electron chi connectivity index (χ2n) is 7.73. The lowest BCUT2D eigenvalue weighted by atomic mass is 9.92. The van der Waals surface area contributed by atoms with Crippen molar-refractivity contribution in [2.75, 3.05) is 46.9 Å². The highest BCUT2D eigenvalue weighted by molar-refractivity contribution is 14.0. The van der Waals surface area contributed by atoms with Crippen LogP contribution in [0.15, 0.2) is 4.99 Å². The van der Waals surface area contributed by atoms with Gasteiger partial charge in [-0.25, -0.2) is 0 Å². The topological polar surface area (TPSA) is 48.9 Å². The molecule has 6 heteroatoms. The summed E-state index contributed by atoms with van der Waals surface area (Å²) in [5.41, 5.74) is -0.181. The molecule has 1 aliphatic rings. The quantitative estimate of drug-likeness (QED) is 0.256. The third-order valence-corrected chi connectivity index (χ3v) is 4.60. The molecule has 0 amide bonds. The van der Waals surface area contributed by atoms with Gasteiger partial charge in [-0.15, -0.1) is 24.0 Å². The van der Waals surface area contributed by atoms with Crippen LogP contribution in [0.3, 0.4) is 0 Å². The van der Waals surface area contributed by atoms with E-state index in [1.54, 1.807) is 7.11 Å². The molecule has 1 saturated heterocycles. The molecule has 0 aromatic carbocycles. The maximum atomic E-state index is 5.41. The van der Waals surface area contributed by atoms with Crippen LogP contribution in [0.1, 0.15) is 47.0 Å². The van der Waals surface area contributed by atoms with Crippen molar-refractivity contribution < 1.29 is 4.74 Å². The molecular formula is C18H39IN4O. The van der Waals surface area contributed by atoms with Crippen LogP contribution < -0.4 is 10.6 Å². The van der Waals surface area contributed by atoms with Crippen molar-refractivity contribution in [2.24, 2.45) is 16.8 Å². The lowest BCUT2D eigenvalue weighted by molar-refractivity contribution is 0.0268. The van der Waals surface area contributed by atoms with Crippen molar-refractivity contribution in [3.63, 3.8) is 0 Å². The maximum Gasteiger partial charge on any atom is 0.191 e. The molecule has 0 saturated carbocycles. The van der Waals surface area contributed by atoms with E-state index in [1.165, 1.54) is 38.9 Å². The van der Waals surface area contributed by atoms with Gasteiger partial charge in [-0.3, -0.25) is 4.99 Å². The molecule has 0 aromatic rings. The summed E-state index contributed by atoms with van der Waals surface area (Å²) in [6, 6.07) is 0. The van der Waals surface area contributed by atoms with E-state index < -0.39 is 0 Å². The van der Waals surface area contributed by atoms with Gasteiger partial charge in [0.1, 0.15) is 0 Å². The summed E-state index contributed by atoms with van der Waals surface area (Å²) < 4.78 is 5.41. The Hall–Kier alpha value is -0.0800. The minimum Gasteiger partial charge on any atom is -0.377 e. The molecule has 0 spiro atoms. The van der Waals surface area contributed by atoms with E-state index in [0.29, 0.717) is 0 Å². The van der Waals surface area contributed by atoms with Gasteiger partial charge in [0, 0.05) is 40.3 Å². The van der Waals surface area contributed by atoms with Crippen molar-refractivity contribution >= 4 is 29.9 Å². The minimum atomic E-state index is -0.181. The van der Waals surface area contributed by atoms with Crippen LogP contribution in [0.25, 0.3) is 0 Å². The molecule has 2 atom stereocenters. The molecule has 1 heterocycles. The number of halogens is 1. The number of guanidine groups is 1. The second kappa shape index (κ2) is 12.3. The van der Waals surface area contributed by atoms with Gasteiger partial charge in [0.05, 0.1) is 5.60 Å². The first-order chi connectivity index (χ1) is 10.9. The molecule has 2 N–H and O–H groups in total. The van der Waals surface area contributed by atoms with Crippen molar-refractivity contribution in [1.29, 1.82) is 0 Å². The predicted molar refractivity (Wildman–Crippen MR) is 114 cm³/mol. The van der Waals surface area contributed by atoms with E-state index in [1.807, 2.05) is 7.05 Å². The summed E-state index contributed by atoms with van der Waals surface area (Å²) in [5, 5.41) is 6.70. The Bertz CT molecular complexity index is 353. The van der Waals surface area contributed by atoms with Gasteiger partial charge in [0.2, 0.25) is 0 Å². The zero-order valence-corrected chi connectivity index (χ0v) is 18.9. The molecule has 0 bridgehead atoms. The molecule has 1 aliphatic heterocycles. The Balaban J connectivity index is 0.00000529. The van der Waals surface area contributed by atoms with Crippen LogP contribution >= 0.6 is 24.0 Å². The van der Waals surface area contributed by atoms with Crippen molar-refractivity contribution in [2.45, 2.75) is 52.6 Å². The molecule has 0 aromatic heterocycles. The van der Waals surface area contributed by atoms with E-state index >= 15 is 0 Å². The Labute approximate surface area is 166 Å². The highest BCUT2D eigenvalue weighted by Crippen LogP contribution is 2.20. The molecule has 1 fully saturated rings. The van der Waals surface area contributed by atoms with Gasteiger partial charge in [-0.2, -0.15) is 0 Å². The third kappa shape index (κ3) is 10.0. The number of likely N-dealkylation sites (tertiary alicyclic amines) is 1. The Morgan fingerprint density at radius 1 is 1.17 bits per heavy atom. The number of ether oxygens (including phenoxy) is 1. The zero-order chi connectivity index (χ0) is 17.3. The van der Waals surface area contributed by atoms with E-state index in [9.17, 15) is 0 Å². The van der Waals surface area contributed by atoms with E-state index in [2.05, 4.69) is 48.2 Å². The number of hydrogen-bond acceptors (Lipinski definition) is 3. The first-order valence-electron chi connectivity index (χ1n) is 9.08. The van der Waals surface area contributed by atoms with Gasteiger partial charge in [-0.05, 0) is 51.5 Å². The van der Waals surface area contributed by atoms with Gasteiger partial charge in [-0.1, -0.05) is 13.8 Å². The van der Waals surface area contributed by atoms with Gasteiger partial charge in [0.15, 0.2) is 5.96 Å². The molecule has 0 radical (unpaired) electrons. The molecule has 24 heavy (non-hydrogen) atoms. The molecular weight excluding hydrogens is 415 g/mol. The summed E-state index contributed by atoms with van der Waals surface area (Å²) in [6.07, 6.45) is 3.80. The average Bonchev–Trinajstić information content (AvgIpc) is 2.49. The number of rotatable bonds is 8. The Morgan fingerprint density at radius 3 is 2.33 bits per heavy atom. The molecule has 2 unspecified atom stereocenters. The van der Waals surface area contributed by atoms with Crippen LogP contribution in [0.5, 0.6) is 0 Å². The third-order valence-electron chi connectivity index (χ3n) is 4.60. The smallest absolute Gasteiger partial charge is 0.191 e. The van der Waals surface area contributed by atoms with E-state index in [-0.39, 0.29) is 29.6 Å². The van der Waals surface area contributed by atoms with Gasteiger partial charge in [0.25, 0.3) is 0 Å². The number of aliphatic imine (C=N–C) groups is 1. The van der Waals surface area contributed by atoms with Crippen LogP contribution in [0.2, 0.25) is 0 Å². The van der Waals surface area contributed by atoms with Gasteiger partial charge >= 0.3 is 0 Å². The highest BCUT2D eigenvalue weighted by Gasteiger charge is 2.21. The number of nitrogens with one attached hydrogen (secondary N) is 2. The molecule has 5 nitrogen and oxygen atoms in total. The fourth-order valence-electron chi connectivity index (χ4n) is 3.23. The monoisotopic (exact) mass is 454 g/mol. The van der Waals surface area contributed by atoms with Crippen LogP contribution in [0, 0.1) is 11.8 Å². The lowest BCUT2D eigenvalue weighted by Crippen LogP contribution is -2.45. The molecule has 1 rings (SSSR count).